The van der Waals surface area contributed by atoms with Crippen LogP contribution in [0.3, 0.4) is 0 Å². The topological polar surface area (TPSA) is 24.5 Å². The Morgan fingerprint density at radius 2 is 1.71 bits per heavy atom. The van der Waals surface area contributed by atoms with Gasteiger partial charge in [-0.2, -0.15) is 0 Å². The Morgan fingerprint density at radius 1 is 1.00 bits per heavy atom. The van der Waals surface area contributed by atoms with Crippen molar-refractivity contribution in [3.63, 3.8) is 0 Å². The molecule has 1 heterocycles. The molecule has 0 atom stereocenters. The van der Waals surface area contributed by atoms with Crippen LogP contribution in [0, 0.1) is 0 Å². The lowest BCUT2D eigenvalue weighted by Gasteiger charge is -2.32. The maximum absolute atomic E-state index is 6.24. The number of piperidine rings is 1. The first kappa shape index (κ1) is 17.2. The van der Waals surface area contributed by atoms with Crippen LogP contribution < -0.4 is 5.32 Å². The Bertz CT molecular complexity index is 606. The van der Waals surface area contributed by atoms with Crippen LogP contribution in [0.5, 0.6) is 0 Å². The first-order valence-corrected chi connectivity index (χ1v) is 8.98. The third kappa shape index (κ3) is 4.67. The van der Waals surface area contributed by atoms with Crippen LogP contribution in [0.4, 0.5) is 0 Å². The van der Waals surface area contributed by atoms with Crippen LogP contribution in [-0.4, -0.2) is 44.2 Å². The van der Waals surface area contributed by atoms with Gasteiger partial charge in [0.25, 0.3) is 0 Å². The molecule has 1 N–H and O–H groups in total. The lowest BCUT2D eigenvalue weighted by molar-refractivity contribution is -0.00192. The number of nitrogens with zero attached hydrogens (tertiary/aromatic N) is 1. The van der Waals surface area contributed by atoms with Gasteiger partial charge in [-0.25, -0.2) is 0 Å². The zero-order chi connectivity index (χ0) is 16.6. The average Bonchev–Trinajstić information content (AvgIpc) is 2.66. The number of hydrogen-bond acceptors (Lipinski definition) is 3. The summed E-state index contributed by atoms with van der Waals surface area (Å²) in [7, 11) is 2.01. The molecule has 3 heteroatoms. The Morgan fingerprint density at radius 3 is 2.46 bits per heavy atom. The zero-order valence-electron chi connectivity index (χ0n) is 14.6. The summed E-state index contributed by atoms with van der Waals surface area (Å²) in [5, 5.41) is 3.22. The first-order chi connectivity index (χ1) is 11.9. The second-order valence-corrected chi connectivity index (χ2v) is 6.48. The Balaban J connectivity index is 1.55. The van der Waals surface area contributed by atoms with Gasteiger partial charge in [0.1, 0.15) is 0 Å². The molecule has 0 spiro atoms. The normalized spacial score (nSPS) is 16.4. The maximum atomic E-state index is 6.24. The van der Waals surface area contributed by atoms with Gasteiger partial charge in [0, 0.05) is 26.2 Å². The second kappa shape index (κ2) is 8.97. The van der Waals surface area contributed by atoms with Crippen LogP contribution in [-0.2, 0) is 11.3 Å². The van der Waals surface area contributed by atoms with Gasteiger partial charge in [0.15, 0.2) is 0 Å². The highest BCUT2D eigenvalue weighted by molar-refractivity contribution is 5.67. The Labute approximate surface area is 145 Å². The van der Waals surface area contributed by atoms with Gasteiger partial charge >= 0.3 is 0 Å². The number of likely N-dealkylation sites (N-methyl/N-ethyl adjacent to an activating group) is 1. The molecule has 2 aromatic carbocycles. The van der Waals surface area contributed by atoms with E-state index in [0.29, 0.717) is 12.7 Å². The van der Waals surface area contributed by atoms with E-state index in [1.165, 1.54) is 16.7 Å². The fourth-order valence-electron chi connectivity index (χ4n) is 3.32. The fraction of sp³-hybridized carbons (Fsp3) is 0.429. The van der Waals surface area contributed by atoms with Crippen molar-refractivity contribution in [2.24, 2.45) is 0 Å². The van der Waals surface area contributed by atoms with Gasteiger partial charge in [-0.15, -0.1) is 0 Å². The molecule has 0 unspecified atom stereocenters. The standard InChI is InChI=1S/C21H28N2O/c1-22-13-16-23-14-11-20(12-15-23)24-17-19-9-5-6-10-21(19)18-7-3-2-4-8-18/h2-10,20,22H,11-17H2,1H3. The second-order valence-electron chi connectivity index (χ2n) is 6.48. The molecule has 0 bridgehead atoms. The van der Waals surface area contributed by atoms with Crippen LogP contribution in [0.1, 0.15) is 18.4 Å². The molecule has 0 aliphatic carbocycles. The van der Waals surface area contributed by atoms with Crippen LogP contribution in [0.15, 0.2) is 54.6 Å². The van der Waals surface area contributed by atoms with Gasteiger partial charge in [0.2, 0.25) is 0 Å². The van der Waals surface area contributed by atoms with E-state index < -0.39 is 0 Å². The van der Waals surface area contributed by atoms with E-state index in [1.807, 2.05) is 7.05 Å². The van der Waals surface area contributed by atoms with Crippen LogP contribution >= 0.6 is 0 Å². The zero-order valence-corrected chi connectivity index (χ0v) is 14.6. The minimum Gasteiger partial charge on any atom is -0.373 e. The minimum absolute atomic E-state index is 0.389. The molecule has 128 valence electrons. The van der Waals surface area contributed by atoms with E-state index in [4.69, 9.17) is 4.74 Å². The van der Waals surface area contributed by atoms with Gasteiger partial charge in [0.05, 0.1) is 12.7 Å². The molecule has 24 heavy (non-hydrogen) atoms. The van der Waals surface area contributed by atoms with Crippen molar-refractivity contribution in [3.05, 3.63) is 60.2 Å². The Kier molecular flexibility index (Phi) is 6.41. The predicted molar refractivity (Wildman–Crippen MR) is 100 cm³/mol. The molecular formula is C21H28N2O. The number of rotatable bonds is 7. The molecule has 0 aromatic heterocycles. The largest absolute Gasteiger partial charge is 0.373 e. The summed E-state index contributed by atoms with van der Waals surface area (Å²) >= 11 is 0. The molecule has 0 amide bonds. The van der Waals surface area contributed by atoms with Crippen molar-refractivity contribution in [2.75, 3.05) is 33.2 Å². The summed E-state index contributed by atoms with van der Waals surface area (Å²) in [6.07, 6.45) is 2.66. The minimum atomic E-state index is 0.389. The lowest BCUT2D eigenvalue weighted by atomic mass is 10.00. The smallest absolute Gasteiger partial charge is 0.0726 e. The summed E-state index contributed by atoms with van der Waals surface area (Å²) in [5.74, 6) is 0. The van der Waals surface area contributed by atoms with Crippen molar-refractivity contribution < 1.29 is 4.74 Å². The number of likely N-dealkylation sites (tertiary alicyclic amines) is 1. The van der Waals surface area contributed by atoms with E-state index in [0.717, 1.165) is 39.0 Å². The van der Waals surface area contributed by atoms with Gasteiger partial charge in [-0.1, -0.05) is 54.6 Å². The average molecular weight is 324 g/mol. The molecule has 3 nitrogen and oxygen atoms in total. The number of nitrogens with one attached hydrogen (secondary N) is 1. The van der Waals surface area contributed by atoms with Crippen molar-refractivity contribution >= 4 is 0 Å². The van der Waals surface area contributed by atoms with E-state index >= 15 is 0 Å². The fourth-order valence-corrected chi connectivity index (χ4v) is 3.32. The highest BCUT2D eigenvalue weighted by atomic mass is 16.5. The number of ether oxygens (including phenoxy) is 1. The van der Waals surface area contributed by atoms with E-state index in [2.05, 4.69) is 64.8 Å². The molecule has 1 fully saturated rings. The van der Waals surface area contributed by atoms with E-state index in [9.17, 15) is 0 Å². The Hall–Kier alpha value is -1.68. The maximum Gasteiger partial charge on any atom is 0.0726 e. The quantitative estimate of drug-likeness (QED) is 0.843. The molecule has 0 saturated carbocycles. The molecule has 1 aliphatic heterocycles. The highest BCUT2D eigenvalue weighted by Gasteiger charge is 2.19. The molecule has 3 rings (SSSR count). The van der Waals surface area contributed by atoms with E-state index in [1.54, 1.807) is 0 Å². The monoisotopic (exact) mass is 324 g/mol. The van der Waals surface area contributed by atoms with Crippen molar-refractivity contribution in [2.45, 2.75) is 25.6 Å². The first-order valence-electron chi connectivity index (χ1n) is 8.98. The highest BCUT2D eigenvalue weighted by Crippen LogP contribution is 2.25. The summed E-state index contributed by atoms with van der Waals surface area (Å²) in [5.41, 5.74) is 3.82. The number of benzene rings is 2. The third-order valence-corrected chi connectivity index (χ3v) is 4.79. The third-order valence-electron chi connectivity index (χ3n) is 4.79. The van der Waals surface area contributed by atoms with Crippen molar-refractivity contribution in [1.82, 2.24) is 10.2 Å². The summed E-state index contributed by atoms with van der Waals surface area (Å²) in [4.78, 5) is 2.52. The lowest BCUT2D eigenvalue weighted by Crippen LogP contribution is -2.40. The number of hydrogen-bond donors (Lipinski definition) is 1. The van der Waals surface area contributed by atoms with Gasteiger partial charge in [-0.3, -0.25) is 0 Å². The summed E-state index contributed by atoms with van der Waals surface area (Å²) in [6, 6.07) is 19.2. The van der Waals surface area contributed by atoms with Crippen LogP contribution in [0.2, 0.25) is 0 Å². The molecule has 1 aliphatic rings. The molecule has 2 aromatic rings. The molecular weight excluding hydrogens is 296 g/mol. The van der Waals surface area contributed by atoms with Crippen molar-refractivity contribution in [3.8, 4) is 11.1 Å². The molecule has 1 saturated heterocycles. The van der Waals surface area contributed by atoms with Gasteiger partial charge < -0.3 is 15.0 Å². The predicted octanol–water partition coefficient (Wildman–Crippen LogP) is 3.55. The van der Waals surface area contributed by atoms with Crippen molar-refractivity contribution in [1.29, 1.82) is 0 Å². The SMILES string of the molecule is CNCCN1CCC(OCc2ccccc2-c2ccccc2)CC1. The van der Waals surface area contributed by atoms with Gasteiger partial charge in [-0.05, 0) is 36.6 Å². The molecule has 0 radical (unpaired) electrons. The summed E-state index contributed by atoms with van der Waals surface area (Å²) in [6.45, 7) is 5.20. The van der Waals surface area contributed by atoms with Crippen LogP contribution in [0.25, 0.3) is 11.1 Å². The summed E-state index contributed by atoms with van der Waals surface area (Å²) < 4.78 is 6.24. The van der Waals surface area contributed by atoms with E-state index in [-0.39, 0.29) is 0 Å².